The molecule has 2 N–H and O–H groups in total. The van der Waals surface area contributed by atoms with Crippen LogP contribution < -0.4 is 5.73 Å². The molecule has 20 heavy (non-hydrogen) atoms. The van der Waals surface area contributed by atoms with E-state index in [-0.39, 0.29) is 20.6 Å². The van der Waals surface area contributed by atoms with Gasteiger partial charge in [-0.2, -0.15) is 0 Å². The van der Waals surface area contributed by atoms with E-state index < -0.39 is 10.0 Å². The summed E-state index contributed by atoms with van der Waals surface area (Å²) in [5.74, 6) is 0. The van der Waals surface area contributed by atoms with Crippen LogP contribution in [0.1, 0.15) is 6.42 Å². The molecule has 0 unspecified atom stereocenters. The van der Waals surface area contributed by atoms with Crippen molar-refractivity contribution >= 4 is 38.9 Å². The predicted molar refractivity (Wildman–Crippen MR) is 83.9 cm³/mol. The molecule has 0 atom stereocenters. The molecule has 0 spiro atoms. The van der Waals surface area contributed by atoms with Crippen molar-refractivity contribution in [1.82, 2.24) is 9.21 Å². The molecule has 5 nitrogen and oxygen atoms in total. The summed E-state index contributed by atoms with van der Waals surface area (Å²) in [6.45, 7) is 1.20. The number of rotatable bonds is 6. The summed E-state index contributed by atoms with van der Waals surface area (Å²) in [7, 11) is 1.73. The maximum atomic E-state index is 12.4. The number of sulfonamides is 1. The Bertz CT molecular complexity index is 576. The molecule has 0 saturated carbocycles. The molecule has 0 amide bonds. The summed E-state index contributed by atoms with van der Waals surface area (Å²) in [6.07, 6.45) is 0.726. The Kier molecular flexibility index (Phi) is 6.09. The van der Waals surface area contributed by atoms with E-state index in [0.717, 1.165) is 13.0 Å². The van der Waals surface area contributed by atoms with Crippen LogP contribution in [0.4, 0.5) is 5.69 Å². The van der Waals surface area contributed by atoms with Crippen molar-refractivity contribution in [1.29, 1.82) is 0 Å². The van der Waals surface area contributed by atoms with Crippen LogP contribution in [-0.4, -0.2) is 51.9 Å². The van der Waals surface area contributed by atoms with Gasteiger partial charge < -0.3 is 10.6 Å². The smallest absolute Gasteiger partial charge is 0.244 e. The van der Waals surface area contributed by atoms with E-state index >= 15 is 0 Å². The SMILES string of the molecule is CN(C)CCCN(C)S(=O)(=O)c1ccc(Cl)c(N)c1Cl. The minimum absolute atomic E-state index is 0.0200. The van der Waals surface area contributed by atoms with E-state index in [9.17, 15) is 8.42 Å². The van der Waals surface area contributed by atoms with Crippen LogP contribution in [0.2, 0.25) is 10.0 Å². The molecule has 0 aliphatic rings. The highest BCUT2D eigenvalue weighted by Crippen LogP contribution is 2.34. The lowest BCUT2D eigenvalue weighted by Gasteiger charge is -2.19. The number of nitrogen functional groups attached to an aromatic ring is 1. The number of halogens is 2. The molecule has 0 aromatic heterocycles. The largest absolute Gasteiger partial charge is 0.396 e. The monoisotopic (exact) mass is 339 g/mol. The first-order valence-corrected chi connectivity index (χ1v) is 8.22. The number of benzene rings is 1. The van der Waals surface area contributed by atoms with Crippen LogP contribution in [0.25, 0.3) is 0 Å². The van der Waals surface area contributed by atoms with E-state index in [1.54, 1.807) is 0 Å². The number of nitrogens with zero attached hydrogens (tertiary/aromatic N) is 2. The Balaban J connectivity index is 2.96. The molecular weight excluding hydrogens is 321 g/mol. The van der Waals surface area contributed by atoms with Gasteiger partial charge in [0.1, 0.15) is 4.90 Å². The van der Waals surface area contributed by atoms with Crippen molar-refractivity contribution in [2.24, 2.45) is 0 Å². The second-order valence-corrected chi connectivity index (χ2v) is 7.56. The Morgan fingerprint density at radius 1 is 1.15 bits per heavy atom. The molecule has 0 fully saturated rings. The van der Waals surface area contributed by atoms with Crippen LogP contribution in [0.5, 0.6) is 0 Å². The fourth-order valence-corrected chi connectivity index (χ4v) is 3.59. The maximum absolute atomic E-state index is 12.4. The molecule has 0 bridgehead atoms. The van der Waals surface area contributed by atoms with Crippen molar-refractivity contribution in [2.75, 3.05) is 40.0 Å². The fourth-order valence-electron chi connectivity index (χ4n) is 1.65. The Morgan fingerprint density at radius 2 is 1.75 bits per heavy atom. The lowest BCUT2D eigenvalue weighted by atomic mass is 10.3. The Morgan fingerprint density at radius 3 is 2.30 bits per heavy atom. The molecule has 0 saturated heterocycles. The average Bonchev–Trinajstić information content (AvgIpc) is 2.35. The van der Waals surface area contributed by atoms with Gasteiger partial charge in [0, 0.05) is 13.6 Å². The first-order chi connectivity index (χ1) is 9.17. The van der Waals surface area contributed by atoms with Gasteiger partial charge >= 0.3 is 0 Å². The zero-order chi connectivity index (χ0) is 15.5. The van der Waals surface area contributed by atoms with Gasteiger partial charge in [-0.1, -0.05) is 23.2 Å². The highest BCUT2D eigenvalue weighted by molar-refractivity contribution is 7.89. The third kappa shape index (κ3) is 3.99. The summed E-state index contributed by atoms with van der Waals surface area (Å²) in [6, 6.07) is 2.81. The van der Waals surface area contributed by atoms with Gasteiger partial charge in [-0.05, 0) is 39.2 Å². The van der Waals surface area contributed by atoms with Crippen LogP contribution in [-0.2, 0) is 10.0 Å². The first-order valence-electron chi connectivity index (χ1n) is 6.02. The van der Waals surface area contributed by atoms with Crippen LogP contribution in [0.3, 0.4) is 0 Å². The summed E-state index contributed by atoms with van der Waals surface area (Å²) < 4.78 is 26.1. The average molecular weight is 340 g/mol. The minimum Gasteiger partial charge on any atom is -0.396 e. The van der Waals surface area contributed by atoms with Crippen molar-refractivity contribution in [3.05, 3.63) is 22.2 Å². The summed E-state index contributed by atoms with van der Waals surface area (Å²) in [5.41, 5.74) is 5.75. The zero-order valence-corrected chi connectivity index (χ0v) is 14.1. The van der Waals surface area contributed by atoms with Crippen LogP contribution in [0, 0.1) is 0 Å². The molecule has 1 rings (SSSR count). The highest BCUT2D eigenvalue weighted by Gasteiger charge is 2.25. The quantitative estimate of drug-likeness (QED) is 0.806. The molecule has 0 aliphatic carbocycles. The molecular formula is C12H19Cl2N3O2S. The first kappa shape index (κ1) is 17.5. The molecule has 1 aromatic carbocycles. The topological polar surface area (TPSA) is 66.6 Å². The van der Waals surface area contributed by atoms with E-state index in [2.05, 4.69) is 0 Å². The van der Waals surface area contributed by atoms with Gasteiger partial charge in [0.25, 0.3) is 0 Å². The lowest BCUT2D eigenvalue weighted by Crippen LogP contribution is -2.30. The Hall–Kier alpha value is -0.530. The van der Waals surface area contributed by atoms with Crippen molar-refractivity contribution in [3.63, 3.8) is 0 Å². The summed E-state index contributed by atoms with van der Waals surface area (Å²) in [4.78, 5) is 1.97. The highest BCUT2D eigenvalue weighted by atomic mass is 35.5. The van der Waals surface area contributed by atoms with E-state index in [0.29, 0.717) is 6.54 Å². The van der Waals surface area contributed by atoms with Gasteiger partial charge in [0.2, 0.25) is 10.0 Å². The van der Waals surface area contributed by atoms with Crippen molar-refractivity contribution in [2.45, 2.75) is 11.3 Å². The van der Waals surface area contributed by atoms with Gasteiger partial charge in [-0.15, -0.1) is 0 Å². The van der Waals surface area contributed by atoms with Gasteiger partial charge in [0.05, 0.1) is 15.7 Å². The van der Waals surface area contributed by atoms with E-state index in [1.807, 2.05) is 19.0 Å². The normalized spacial score (nSPS) is 12.3. The number of nitrogens with two attached hydrogens (primary N) is 1. The van der Waals surface area contributed by atoms with Gasteiger partial charge in [-0.3, -0.25) is 0 Å². The van der Waals surface area contributed by atoms with Gasteiger partial charge in [-0.25, -0.2) is 12.7 Å². The lowest BCUT2D eigenvalue weighted by molar-refractivity contribution is 0.370. The third-order valence-electron chi connectivity index (χ3n) is 2.86. The van der Waals surface area contributed by atoms with Crippen LogP contribution in [0.15, 0.2) is 17.0 Å². The van der Waals surface area contributed by atoms with E-state index in [4.69, 9.17) is 28.9 Å². The van der Waals surface area contributed by atoms with Crippen molar-refractivity contribution in [3.8, 4) is 0 Å². The minimum atomic E-state index is -3.66. The van der Waals surface area contributed by atoms with Gasteiger partial charge in [0.15, 0.2) is 0 Å². The zero-order valence-electron chi connectivity index (χ0n) is 11.7. The molecule has 0 aliphatic heterocycles. The van der Waals surface area contributed by atoms with Crippen LogP contribution >= 0.6 is 23.2 Å². The molecule has 114 valence electrons. The molecule has 0 heterocycles. The molecule has 8 heteroatoms. The second-order valence-electron chi connectivity index (χ2n) is 4.76. The molecule has 1 aromatic rings. The fraction of sp³-hybridized carbons (Fsp3) is 0.500. The third-order valence-corrected chi connectivity index (χ3v) is 5.61. The predicted octanol–water partition coefficient (Wildman–Crippen LogP) is 2.15. The standard InChI is InChI=1S/C12H19Cl2N3O2S/c1-16(2)7-4-8-17(3)20(18,19)10-6-5-9(13)12(15)11(10)14/h5-6H,4,7-8,15H2,1-3H3. The number of hydrogen-bond donors (Lipinski definition) is 1. The second kappa shape index (κ2) is 6.95. The number of hydrogen-bond acceptors (Lipinski definition) is 4. The van der Waals surface area contributed by atoms with E-state index in [1.165, 1.54) is 23.5 Å². The maximum Gasteiger partial charge on any atom is 0.244 e. The number of anilines is 1. The molecule has 0 radical (unpaired) electrons. The van der Waals surface area contributed by atoms with Crippen molar-refractivity contribution < 1.29 is 8.42 Å². The summed E-state index contributed by atoms with van der Waals surface area (Å²) in [5, 5.41) is 0.209. The summed E-state index contributed by atoms with van der Waals surface area (Å²) >= 11 is 11.8. The Labute approximate surface area is 130 Å².